The van der Waals surface area contributed by atoms with Gasteiger partial charge in [0, 0.05) is 6.42 Å². The van der Waals surface area contributed by atoms with Crippen LogP contribution in [0.3, 0.4) is 0 Å². The lowest BCUT2D eigenvalue weighted by Crippen LogP contribution is -2.07. The van der Waals surface area contributed by atoms with Gasteiger partial charge in [0.05, 0.1) is 13.2 Å². The SMILES string of the molecule is CCCCCC(=C=CCCOC(=O)OCC)CCCCC. The van der Waals surface area contributed by atoms with Gasteiger partial charge in [0.2, 0.25) is 0 Å². The number of hydrogen-bond acceptors (Lipinski definition) is 3. The molecule has 3 nitrogen and oxygen atoms in total. The van der Waals surface area contributed by atoms with Crippen LogP contribution >= 0.6 is 0 Å². The van der Waals surface area contributed by atoms with Gasteiger partial charge in [-0.05, 0) is 44.3 Å². The van der Waals surface area contributed by atoms with Crippen molar-refractivity contribution in [2.75, 3.05) is 13.2 Å². The number of ether oxygens (including phenoxy) is 2. The summed E-state index contributed by atoms with van der Waals surface area (Å²) in [4.78, 5) is 11.0. The van der Waals surface area contributed by atoms with Crippen LogP contribution in [0.5, 0.6) is 0 Å². The van der Waals surface area contributed by atoms with Gasteiger partial charge in [-0.15, -0.1) is 5.73 Å². The third-order valence-electron chi connectivity index (χ3n) is 3.21. The van der Waals surface area contributed by atoms with Crippen molar-refractivity contribution in [1.82, 2.24) is 0 Å². The Labute approximate surface area is 130 Å². The first kappa shape index (κ1) is 19.8. The molecule has 0 aliphatic heterocycles. The Kier molecular flexibility index (Phi) is 14.3. The van der Waals surface area contributed by atoms with Crippen LogP contribution in [0.25, 0.3) is 0 Å². The van der Waals surface area contributed by atoms with E-state index < -0.39 is 6.16 Å². The highest BCUT2D eigenvalue weighted by Gasteiger charge is 2.00. The summed E-state index contributed by atoms with van der Waals surface area (Å²) in [6.45, 7) is 6.94. The van der Waals surface area contributed by atoms with Crippen molar-refractivity contribution >= 4 is 6.16 Å². The lowest BCUT2D eigenvalue weighted by molar-refractivity contribution is 0.0604. The molecule has 0 heterocycles. The van der Waals surface area contributed by atoms with Gasteiger partial charge in [-0.25, -0.2) is 4.79 Å². The van der Waals surface area contributed by atoms with Crippen molar-refractivity contribution in [3.8, 4) is 0 Å². The quantitative estimate of drug-likeness (QED) is 0.260. The molecule has 0 amide bonds. The van der Waals surface area contributed by atoms with Gasteiger partial charge < -0.3 is 9.47 Å². The van der Waals surface area contributed by atoms with E-state index in [2.05, 4.69) is 19.6 Å². The summed E-state index contributed by atoms with van der Waals surface area (Å²) in [6.07, 6.45) is 12.0. The van der Waals surface area contributed by atoms with Crippen LogP contribution in [0.4, 0.5) is 4.79 Å². The van der Waals surface area contributed by atoms with E-state index in [4.69, 9.17) is 9.47 Å². The van der Waals surface area contributed by atoms with Gasteiger partial charge in [0.25, 0.3) is 0 Å². The number of carbonyl (C=O) groups excluding carboxylic acids is 1. The maximum atomic E-state index is 11.0. The topological polar surface area (TPSA) is 35.5 Å². The molecular weight excluding hydrogens is 264 g/mol. The summed E-state index contributed by atoms with van der Waals surface area (Å²) in [6, 6.07) is 0. The van der Waals surface area contributed by atoms with Crippen LogP contribution in [0, 0.1) is 0 Å². The van der Waals surface area contributed by atoms with Crippen LogP contribution in [0.1, 0.15) is 78.6 Å². The molecule has 0 radical (unpaired) electrons. The third kappa shape index (κ3) is 13.5. The molecule has 0 saturated carbocycles. The Morgan fingerprint density at radius 2 is 1.57 bits per heavy atom. The molecule has 122 valence electrons. The maximum absolute atomic E-state index is 11.0. The summed E-state index contributed by atoms with van der Waals surface area (Å²) >= 11 is 0. The Morgan fingerprint density at radius 3 is 2.10 bits per heavy atom. The third-order valence-corrected chi connectivity index (χ3v) is 3.21. The van der Waals surface area contributed by atoms with E-state index in [1.165, 1.54) is 44.1 Å². The van der Waals surface area contributed by atoms with Gasteiger partial charge in [0.1, 0.15) is 0 Å². The van der Waals surface area contributed by atoms with E-state index in [1.807, 2.05) is 6.08 Å². The molecule has 0 saturated heterocycles. The average Bonchev–Trinajstić information content (AvgIpc) is 2.47. The Bertz CT molecular complexity index is 302. The standard InChI is InChI=1S/C18H32O3/c1-4-7-9-13-17(14-10-8-5-2)15-11-12-16-21-18(19)20-6-3/h11H,4-10,12-14,16H2,1-3H3. The largest absolute Gasteiger partial charge is 0.508 e. The molecule has 0 atom stereocenters. The van der Waals surface area contributed by atoms with Crippen molar-refractivity contribution in [1.29, 1.82) is 0 Å². The molecule has 3 heteroatoms. The highest BCUT2D eigenvalue weighted by molar-refractivity contribution is 5.59. The summed E-state index contributed by atoms with van der Waals surface area (Å²) in [7, 11) is 0. The minimum Gasteiger partial charge on any atom is -0.435 e. The van der Waals surface area contributed by atoms with Gasteiger partial charge >= 0.3 is 6.16 Å². The van der Waals surface area contributed by atoms with Crippen LogP contribution < -0.4 is 0 Å². The normalized spacial score (nSPS) is 9.86. The second kappa shape index (κ2) is 15.2. The predicted molar refractivity (Wildman–Crippen MR) is 87.5 cm³/mol. The van der Waals surface area contributed by atoms with Crippen LogP contribution in [0.15, 0.2) is 17.4 Å². The van der Waals surface area contributed by atoms with E-state index in [1.54, 1.807) is 6.92 Å². The zero-order valence-electron chi connectivity index (χ0n) is 14.1. The lowest BCUT2D eigenvalue weighted by Gasteiger charge is -2.04. The van der Waals surface area contributed by atoms with Crippen molar-refractivity contribution < 1.29 is 14.3 Å². The molecule has 0 bridgehead atoms. The number of unbranched alkanes of at least 4 members (excludes halogenated alkanes) is 4. The minimum atomic E-state index is -0.582. The molecule has 0 unspecified atom stereocenters. The van der Waals surface area contributed by atoms with Gasteiger partial charge in [-0.1, -0.05) is 39.5 Å². The van der Waals surface area contributed by atoms with Crippen molar-refractivity contribution in [3.63, 3.8) is 0 Å². The van der Waals surface area contributed by atoms with Crippen LogP contribution in [0.2, 0.25) is 0 Å². The second-order valence-electron chi connectivity index (χ2n) is 5.19. The fourth-order valence-electron chi connectivity index (χ4n) is 2.02. The summed E-state index contributed by atoms with van der Waals surface area (Å²) < 4.78 is 9.62. The summed E-state index contributed by atoms with van der Waals surface area (Å²) in [5.74, 6) is 0. The molecule has 0 aliphatic carbocycles. The van der Waals surface area contributed by atoms with Gasteiger partial charge in [-0.3, -0.25) is 0 Å². The molecule has 0 aromatic rings. The smallest absolute Gasteiger partial charge is 0.435 e. The summed E-state index contributed by atoms with van der Waals surface area (Å²) in [5.41, 5.74) is 4.81. The van der Waals surface area contributed by atoms with Crippen LogP contribution in [-0.4, -0.2) is 19.4 Å². The zero-order chi connectivity index (χ0) is 15.8. The van der Waals surface area contributed by atoms with Crippen molar-refractivity contribution in [2.45, 2.75) is 78.6 Å². The number of hydrogen-bond donors (Lipinski definition) is 0. The number of carbonyl (C=O) groups is 1. The molecular formula is C18H32O3. The molecule has 0 aromatic carbocycles. The first-order valence-electron chi connectivity index (χ1n) is 8.47. The molecule has 21 heavy (non-hydrogen) atoms. The summed E-state index contributed by atoms with van der Waals surface area (Å²) in [5, 5.41) is 0. The molecule has 0 N–H and O–H groups in total. The molecule has 0 rings (SSSR count). The van der Waals surface area contributed by atoms with Gasteiger partial charge in [-0.2, -0.15) is 0 Å². The fraction of sp³-hybridized carbons (Fsp3) is 0.778. The maximum Gasteiger partial charge on any atom is 0.508 e. The minimum absolute atomic E-state index is 0.355. The van der Waals surface area contributed by atoms with E-state index in [9.17, 15) is 4.79 Å². The lowest BCUT2D eigenvalue weighted by atomic mass is 10.0. The highest BCUT2D eigenvalue weighted by Crippen LogP contribution is 2.15. The van der Waals surface area contributed by atoms with E-state index in [0.29, 0.717) is 19.6 Å². The second-order valence-corrected chi connectivity index (χ2v) is 5.19. The molecule has 0 fully saturated rings. The number of rotatable bonds is 12. The van der Waals surface area contributed by atoms with E-state index >= 15 is 0 Å². The van der Waals surface area contributed by atoms with Gasteiger partial charge in [0.15, 0.2) is 0 Å². The van der Waals surface area contributed by atoms with Crippen molar-refractivity contribution in [3.05, 3.63) is 17.4 Å². The first-order valence-corrected chi connectivity index (χ1v) is 8.47. The van der Waals surface area contributed by atoms with Crippen molar-refractivity contribution in [2.24, 2.45) is 0 Å². The molecule has 0 spiro atoms. The fourth-order valence-corrected chi connectivity index (χ4v) is 2.02. The van der Waals surface area contributed by atoms with Crippen LogP contribution in [-0.2, 0) is 9.47 Å². The Morgan fingerprint density at radius 1 is 0.952 bits per heavy atom. The monoisotopic (exact) mass is 296 g/mol. The molecule has 0 aliphatic rings. The first-order chi connectivity index (χ1) is 10.2. The Balaban J connectivity index is 4.10. The average molecular weight is 296 g/mol. The Hall–Kier alpha value is -1.21. The zero-order valence-corrected chi connectivity index (χ0v) is 14.1. The van der Waals surface area contributed by atoms with E-state index in [0.717, 1.165) is 12.8 Å². The van der Waals surface area contributed by atoms with E-state index in [-0.39, 0.29) is 0 Å². The molecule has 0 aromatic heterocycles. The highest BCUT2D eigenvalue weighted by atomic mass is 16.7. The predicted octanol–water partition coefficient (Wildman–Crippen LogP) is 5.79.